The summed E-state index contributed by atoms with van der Waals surface area (Å²) in [6.07, 6.45) is 3.05. The zero-order valence-electron chi connectivity index (χ0n) is 12.0. The number of hydrogen-bond donors (Lipinski definition) is 2. The zero-order chi connectivity index (χ0) is 15.5. The highest BCUT2D eigenvalue weighted by Gasteiger charge is 2.21. The predicted molar refractivity (Wildman–Crippen MR) is 77.2 cm³/mol. The van der Waals surface area contributed by atoms with Gasteiger partial charge in [-0.1, -0.05) is 0 Å². The van der Waals surface area contributed by atoms with Crippen molar-refractivity contribution in [2.45, 2.75) is 25.4 Å². The summed E-state index contributed by atoms with van der Waals surface area (Å²) in [6, 6.07) is 3.50. The van der Waals surface area contributed by atoms with Crippen molar-refractivity contribution in [3.8, 4) is 5.75 Å². The molecule has 1 atom stereocenters. The van der Waals surface area contributed by atoms with E-state index in [4.69, 9.17) is 4.74 Å². The van der Waals surface area contributed by atoms with E-state index in [2.05, 4.69) is 20.7 Å². The van der Waals surface area contributed by atoms with E-state index in [1.165, 1.54) is 31.6 Å². The second kappa shape index (κ2) is 6.00. The first-order chi connectivity index (χ1) is 10.7. The average Bonchev–Trinajstić information content (AvgIpc) is 2.95. The fourth-order valence-corrected chi connectivity index (χ4v) is 2.48. The van der Waals surface area contributed by atoms with Crippen molar-refractivity contribution in [3.05, 3.63) is 36.2 Å². The molecule has 8 heteroatoms. The summed E-state index contributed by atoms with van der Waals surface area (Å²) in [5.41, 5.74) is 0.289. The standard InChI is InChI=1S/C14H16FN5O2/c1-22-12-4-2-9(15)6-11(12)19-14(21)18-10-3-5-13-16-8-17-20(13)7-10/h2,4,6,8,10H,3,5,7H2,1H3,(H2,18,19,21)/t10-/m1/s1. The summed E-state index contributed by atoms with van der Waals surface area (Å²) in [5, 5.41) is 9.56. The van der Waals surface area contributed by atoms with Gasteiger partial charge in [-0.3, -0.25) is 0 Å². The molecule has 0 fully saturated rings. The molecule has 0 spiro atoms. The summed E-state index contributed by atoms with van der Waals surface area (Å²) >= 11 is 0. The molecule has 2 amide bonds. The van der Waals surface area contributed by atoms with Gasteiger partial charge in [-0.15, -0.1) is 0 Å². The number of carbonyl (C=O) groups is 1. The van der Waals surface area contributed by atoms with E-state index in [0.29, 0.717) is 12.3 Å². The van der Waals surface area contributed by atoms with E-state index < -0.39 is 11.8 Å². The van der Waals surface area contributed by atoms with Crippen LogP contribution in [0.15, 0.2) is 24.5 Å². The lowest BCUT2D eigenvalue weighted by Crippen LogP contribution is -2.43. The Bertz CT molecular complexity index is 688. The summed E-state index contributed by atoms with van der Waals surface area (Å²) in [5.74, 6) is 0.880. The van der Waals surface area contributed by atoms with Gasteiger partial charge in [0.25, 0.3) is 0 Å². The average molecular weight is 305 g/mol. The highest BCUT2D eigenvalue weighted by Crippen LogP contribution is 2.24. The topological polar surface area (TPSA) is 81.1 Å². The van der Waals surface area contributed by atoms with Crippen molar-refractivity contribution < 1.29 is 13.9 Å². The second-order valence-corrected chi connectivity index (χ2v) is 5.04. The molecule has 1 aromatic carbocycles. The molecule has 0 bridgehead atoms. The summed E-state index contributed by atoms with van der Waals surface area (Å²) in [6.45, 7) is 0.572. The molecule has 0 radical (unpaired) electrons. The summed E-state index contributed by atoms with van der Waals surface area (Å²) in [4.78, 5) is 16.2. The van der Waals surface area contributed by atoms with E-state index >= 15 is 0 Å². The Kier molecular flexibility index (Phi) is 3.90. The first-order valence-electron chi connectivity index (χ1n) is 6.93. The van der Waals surface area contributed by atoms with Gasteiger partial charge in [-0.25, -0.2) is 18.9 Å². The van der Waals surface area contributed by atoms with Crippen molar-refractivity contribution in [2.75, 3.05) is 12.4 Å². The number of aryl methyl sites for hydroxylation is 1. The molecule has 2 aromatic rings. The zero-order valence-corrected chi connectivity index (χ0v) is 12.0. The van der Waals surface area contributed by atoms with E-state index in [1.807, 2.05) is 0 Å². The van der Waals surface area contributed by atoms with Gasteiger partial charge >= 0.3 is 6.03 Å². The molecule has 1 aliphatic rings. The molecule has 1 aromatic heterocycles. The fourth-order valence-electron chi connectivity index (χ4n) is 2.48. The summed E-state index contributed by atoms with van der Waals surface area (Å²) < 4.78 is 20.1. The number of ether oxygens (including phenoxy) is 1. The number of anilines is 1. The third-order valence-electron chi connectivity index (χ3n) is 3.55. The Morgan fingerprint density at radius 2 is 2.36 bits per heavy atom. The van der Waals surface area contributed by atoms with Gasteiger partial charge in [0, 0.05) is 12.5 Å². The van der Waals surface area contributed by atoms with Crippen LogP contribution in [0.2, 0.25) is 0 Å². The third kappa shape index (κ3) is 3.00. The van der Waals surface area contributed by atoms with Crippen molar-refractivity contribution in [1.29, 1.82) is 0 Å². The van der Waals surface area contributed by atoms with Crippen molar-refractivity contribution in [1.82, 2.24) is 20.1 Å². The maximum absolute atomic E-state index is 13.3. The first-order valence-corrected chi connectivity index (χ1v) is 6.93. The molecule has 0 saturated carbocycles. The van der Waals surface area contributed by atoms with Gasteiger partial charge < -0.3 is 15.4 Å². The van der Waals surface area contributed by atoms with Crippen LogP contribution in [0.3, 0.4) is 0 Å². The molecule has 2 heterocycles. The van der Waals surface area contributed by atoms with E-state index in [-0.39, 0.29) is 11.7 Å². The SMILES string of the molecule is COc1ccc(F)cc1NC(=O)N[C@@H]1CCc2ncnn2C1. The molecule has 0 saturated heterocycles. The number of nitrogens with zero attached hydrogens (tertiary/aromatic N) is 3. The molecule has 22 heavy (non-hydrogen) atoms. The van der Waals surface area contributed by atoms with Crippen LogP contribution < -0.4 is 15.4 Å². The quantitative estimate of drug-likeness (QED) is 0.902. The lowest BCUT2D eigenvalue weighted by atomic mass is 10.1. The molecule has 0 aliphatic carbocycles. The molecule has 7 nitrogen and oxygen atoms in total. The molecular formula is C14H16FN5O2. The minimum absolute atomic E-state index is 0.0474. The van der Waals surface area contributed by atoms with E-state index in [1.54, 1.807) is 4.68 Å². The molecule has 2 N–H and O–H groups in total. The van der Waals surface area contributed by atoms with Crippen LogP contribution in [0.25, 0.3) is 0 Å². The minimum Gasteiger partial charge on any atom is -0.495 e. The number of hydrogen-bond acceptors (Lipinski definition) is 4. The Balaban J connectivity index is 1.63. The van der Waals surface area contributed by atoms with Crippen LogP contribution in [-0.4, -0.2) is 33.9 Å². The highest BCUT2D eigenvalue weighted by atomic mass is 19.1. The van der Waals surface area contributed by atoms with Gasteiger partial charge in [0.15, 0.2) is 0 Å². The highest BCUT2D eigenvalue weighted by molar-refractivity contribution is 5.91. The van der Waals surface area contributed by atoms with Crippen LogP contribution >= 0.6 is 0 Å². The van der Waals surface area contributed by atoms with E-state index in [0.717, 1.165) is 18.7 Å². The Morgan fingerprint density at radius 1 is 1.50 bits per heavy atom. The minimum atomic E-state index is -0.443. The number of amides is 2. The normalized spacial score (nSPS) is 16.7. The van der Waals surface area contributed by atoms with Gasteiger partial charge in [0.1, 0.15) is 23.7 Å². The second-order valence-electron chi connectivity index (χ2n) is 5.04. The molecule has 116 valence electrons. The van der Waals surface area contributed by atoms with E-state index in [9.17, 15) is 9.18 Å². The van der Waals surface area contributed by atoms with Gasteiger partial charge in [-0.2, -0.15) is 5.10 Å². The van der Waals surface area contributed by atoms with Crippen LogP contribution in [-0.2, 0) is 13.0 Å². The number of fused-ring (bicyclic) bond motifs is 1. The van der Waals surface area contributed by atoms with Crippen LogP contribution in [0, 0.1) is 5.82 Å². The lowest BCUT2D eigenvalue weighted by molar-refractivity contribution is 0.243. The monoisotopic (exact) mass is 305 g/mol. The number of carbonyl (C=O) groups excluding carboxylic acids is 1. The number of urea groups is 1. The van der Waals surface area contributed by atoms with Crippen LogP contribution in [0.4, 0.5) is 14.9 Å². The van der Waals surface area contributed by atoms with Crippen LogP contribution in [0.5, 0.6) is 5.75 Å². The molecular weight excluding hydrogens is 289 g/mol. The molecule has 3 rings (SSSR count). The lowest BCUT2D eigenvalue weighted by Gasteiger charge is -2.23. The maximum Gasteiger partial charge on any atom is 0.319 e. The van der Waals surface area contributed by atoms with Gasteiger partial charge in [0.2, 0.25) is 0 Å². The summed E-state index contributed by atoms with van der Waals surface area (Å²) in [7, 11) is 1.46. The van der Waals surface area contributed by atoms with Gasteiger partial charge in [-0.05, 0) is 18.6 Å². The fraction of sp³-hybridized carbons (Fsp3) is 0.357. The number of methoxy groups -OCH3 is 1. The first kappa shape index (κ1) is 14.3. The van der Waals surface area contributed by atoms with Crippen molar-refractivity contribution in [2.24, 2.45) is 0 Å². The number of rotatable bonds is 3. The molecule has 1 aliphatic heterocycles. The number of benzene rings is 1. The smallest absolute Gasteiger partial charge is 0.319 e. The predicted octanol–water partition coefficient (Wildman–Crippen LogP) is 1.56. The third-order valence-corrected chi connectivity index (χ3v) is 3.55. The number of halogens is 1. The Hall–Kier alpha value is -2.64. The van der Waals surface area contributed by atoms with Crippen molar-refractivity contribution in [3.63, 3.8) is 0 Å². The largest absolute Gasteiger partial charge is 0.495 e. The van der Waals surface area contributed by atoms with Crippen LogP contribution in [0.1, 0.15) is 12.2 Å². The Labute approximate surface area is 126 Å². The Morgan fingerprint density at radius 3 is 3.18 bits per heavy atom. The maximum atomic E-state index is 13.3. The number of nitrogens with one attached hydrogen (secondary N) is 2. The molecule has 0 unspecified atom stereocenters. The number of aromatic nitrogens is 3. The van der Waals surface area contributed by atoms with Gasteiger partial charge in [0.05, 0.1) is 25.4 Å². The van der Waals surface area contributed by atoms with Crippen molar-refractivity contribution >= 4 is 11.7 Å².